The van der Waals surface area contributed by atoms with E-state index in [0.717, 1.165) is 11.6 Å². The minimum Gasteiger partial charge on any atom is -0.381 e. The summed E-state index contributed by atoms with van der Waals surface area (Å²) in [6.07, 6.45) is 4.29. The molecular formula is C26H24F2N6O3S. The zero-order valence-electron chi connectivity index (χ0n) is 20.5. The largest absolute Gasteiger partial charge is 0.381 e. The molecule has 2 N–H and O–H groups in total. The first-order valence-corrected chi connectivity index (χ1v) is 13.1. The van der Waals surface area contributed by atoms with Gasteiger partial charge in [0.05, 0.1) is 23.0 Å². The SMILES string of the molecule is Cc1ccc(S(=O)(=O)Nc2ccc3nn([C@H](C)[C@](O)(Cn4cncn4)c4ccc(F)cc4F)cc3c2)cc1. The number of hydrogen-bond acceptors (Lipinski definition) is 6. The van der Waals surface area contributed by atoms with Gasteiger partial charge in [-0.2, -0.15) is 10.2 Å². The molecule has 0 amide bonds. The normalized spacial score (nSPS) is 14.3. The van der Waals surface area contributed by atoms with Crippen LogP contribution in [0.25, 0.3) is 10.9 Å². The summed E-state index contributed by atoms with van der Waals surface area (Å²) in [4.78, 5) is 4.01. The van der Waals surface area contributed by atoms with E-state index in [0.29, 0.717) is 22.7 Å². The Morgan fingerprint density at radius 2 is 1.84 bits per heavy atom. The molecule has 9 nitrogen and oxygen atoms in total. The molecule has 0 radical (unpaired) electrons. The van der Waals surface area contributed by atoms with Crippen molar-refractivity contribution >= 4 is 26.6 Å². The van der Waals surface area contributed by atoms with Crippen molar-refractivity contribution < 1.29 is 22.3 Å². The van der Waals surface area contributed by atoms with E-state index in [9.17, 15) is 22.3 Å². The van der Waals surface area contributed by atoms with Crippen molar-refractivity contribution in [2.45, 2.75) is 36.9 Å². The van der Waals surface area contributed by atoms with Crippen LogP contribution in [0.4, 0.5) is 14.5 Å². The third kappa shape index (κ3) is 4.87. The third-order valence-corrected chi connectivity index (χ3v) is 7.86. The van der Waals surface area contributed by atoms with Gasteiger partial charge in [-0.15, -0.1) is 0 Å². The summed E-state index contributed by atoms with van der Waals surface area (Å²) in [5.74, 6) is -1.68. The Balaban J connectivity index is 1.49. The fraction of sp³-hybridized carbons (Fsp3) is 0.192. The average molecular weight is 539 g/mol. The van der Waals surface area contributed by atoms with Crippen molar-refractivity contribution in [1.29, 1.82) is 0 Å². The van der Waals surface area contributed by atoms with Gasteiger partial charge in [-0.25, -0.2) is 26.9 Å². The van der Waals surface area contributed by atoms with Gasteiger partial charge in [-0.05, 0) is 50.2 Å². The molecule has 5 rings (SSSR count). The number of benzene rings is 3. The number of aliphatic hydroxyl groups is 1. The van der Waals surface area contributed by atoms with E-state index in [1.807, 2.05) is 6.92 Å². The predicted octanol–water partition coefficient (Wildman–Crippen LogP) is 4.16. The maximum Gasteiger partial charge on any atom is 0.261 e. The summed E-state index contributed by atoms with van der Waals surface area (Å²) in [5, 5.41) is 21.0. The molecule has 0 saturated carbocycles. The van der Waals surface area contributed by atoms with Gasteiger partial charge in [-0.3, -0.25) is 9.40 Å². The number of halogens is 2. The van der Waals surface area contributed by atoms with Crippen molar-refractivity contribution in [3.05, 3.63) is 102 Å². The van der Waals surface area contributed by atoms with Crippen LogP contribution in [0.2, 0.25) is 0 Å². The van der Waals surface area contributed by atoms with Gasteiger partial charge in [-0.1, -0.05) is 23.8 Å². The molecular weight excluding hydrogens is 514 g/mol. The smallest absolute Gasteiger partial charge is 0.261 e. The van der Waals surface area contributed by atoms with E-state index in [2.05, 4.69) is 19.9 Å². The molecule has 2 atom stereocenters. The highest BCUT2D eigenvalue weighted by Gasteiger charge is 2.41. The number of fused-ring (bicyclic) bond motifs is 1. The molecule has 38 heavy (non-hydrogen) atoms. The van der Waals surface area contributed by atoms with Crippen LogP contribution in [0.15, 0.2) is 84.4 Å². The molecule has 0 aliphatic heterocycles. The molecule has 2 aromatic heterocycles. The van der Waals surface area contributed by atoms with Crippen LogP contribution in [0.3, 0.4) is 0 Å². The lowest BCUT2D eigenvalue weighted by atomic mass is 9.86. The molecule has 0 aliphatic carbocycles. The molecule has 12 heteroatoms. The van der Waals surface area contributed by atoms with Gasteiger partial charge in [0, 0.05) is 28.9 Å². The Bertz CT molecular complexity index is 1710. The Labute approximate surface area is 217 Å². The molecule has 0 fully saturated rings. The minimum atomic E-state index is -3.81. The van der Waals surface area contributed by atoms with Crippen molar-refractivity contribution in [1.82, 2.24) is 24.5 Å². The Kier molecular flexibility index (Phi) is 6.45. The number of rotatable bonds is 8. The van der Waals surface area contributed by atoms with E-state index < -0.39 is 33.3 Å². The summed E-state index contributed by atoms with van der Waals surface area (Å²) >= 11 is 0. The topological polar surface area (TPSA) is 115 Å². The number of aryl methyl sites for hydroxylation is 1. The van der Waals surface area contributed by atoms with Gasteiger partial charge in [0.15, 0.2) is 0 Å². The van der Waals surface area contributed by atoms with Crippen LogP contribution in [0.5, 0.6) is 0 Å². The first kappa shape index (κ1) is 25.5. The zero-order valence-corrected chi connectivity index (χ0v) is 21.3. The summed E-state index contributed by atoms with van der Waals surface area (Å²) in [6.45, 7) is 3.33. The van der Waals surface area contributed by atoms with Crippen LogP contribution in [-0.2, 0) is 22.2 Å². The van der Waals surface area contributed by atoms with E-state index >= 15 is 0 Å². The lowest BCUT2D eigenvalue weighted by Crippen LogP contribution is -2.40. The first-order chi connectivity index (χ1) is 18.0. The number of nitrogens with one attached hydrogen (secondary N) is 1. The highest BCUT2D eigenvalue weighted by atomic mass is 32.2. The van der Waals surface area contributed by atoms with Crippen LogP contribution in [0, 0.1) is 18.6 Å². The highest BCUT2D eigenvalue weighted by molar-refractivity contribution is 7.92. The molecule has 0 spiro atoms. The minimum absolute atomic E-state index is 0.131. The highest BCUT2D eigenvalue weighted by Crippen LogP contribution is 2.37. The van der Waals surface area contributed by atoms with Gasteiger partial charge in [0.1, 0.15) is 29.9 Å². The van der Waals surface area contributed by atoms with Crippen LogP contribution >= 0.6 is 0 Å². The van der Waals surface area contributed by atoms with E-state index in [1.165, 1.54) is 40.2 Å². The monoisotopic (exact) mass is 538 g/mol. The Hall–Kier alpha value is -4.16. The second kappa shape index (κ2) is 9.62. The standard InChI is InChI=1S/C26H24F2N6O3S/c1-17-3-7-22(8-4-17)38(36,37)32-21-6-10-25-19(11-21)13-34(31-25)18(2)26(35,14-33-16-29-15-30-33)23-9-5-20(27)12-24(23)28/h3-13,15-16,18,32,35H,14H2,1-2H3/t18-,26-/m1/s1. The van der Waals surface area contributed by atoms with Crippen LogP contribution in [0.1, 0.15) is 24.1 Å². The first-order valence-electron chi connectivity index (χ1n) is 11.6. The van der Waals surface area contributed by atoms with Gasteiger partial charge < -0.3 is 5.11 Å². The average Bonchev–Trinajstić information content (AvgIpc) is 3.53. The third-order valence-electron chi connectivity index (χ3n) is 6.46. The van der Waals surface area contributed by atoms with E-state index in [-0.39, 0.29) is 17.0 Å². The van der Waals surface area contributed by atoms with Crippen molar-refractivity contribution in [3.63, 3.8) is 0 Å². The fourth-order valence-corrected chi connectivity index (χ4v) is 5.35. The summed E-state index contributed by atoms with van der Waals surface area (Å²) in [6, 6.07) is 13.4. The number of anilines is 1. The second-order valence-electron chi connectivity index (χ2n) is 9.12. The molecule has 3 aromatic carbocycles. The van der Waals surface area contributed by atoms with E-state index in [1.54, 1.807) is 43.5 Å². The quantitative estimate of drug-likeness (QED) is 0.307. The molecule has 196 valence electrons. The molecule has 0 bridgehead atoms. The summed E-state index contributed by atoms with van der Waals surface area (Å²) in [5.41, 5.74) is -0.238. The van der Waals surface area contributed by atoms with Crippen molar-refractivity contribution in [3.8, 4) is 0 Å². The van der Waals surface area contributed by atoms with Crippen LogP contribution < -0.4 is 4.72 Å². The molecule has 0 aliphatic rings. The number of aromatic nitrogens is 5. The zero-order chi connectivity index (χ0) is 27.1. The lowest BCUT2D eigenvalue weighted by Gasteiger charge is -2.34. The molecule has 2 heterocycles. The molecule has 0 unspecified atom stereocenters. The number of nitrogens with zero attached hydrogens (tertiary/aromatic N) is 5. The summed E-state index contributed by atoms with van der Waals surface area (Å²) in [7, 11) is -3.81. The van der Waals surface area contributed by atoms with Crippen molar-refractivity contribution in [2.75, 3.05) is 4.72 Å². The summed E-state index contributed by atoms with van der Waals surface area (Å²) < 4.78 is 59.5. The lowest BCUT2D eigenvalue weighted by molar-refractivity contribution is -0.0366. The molecule has 5 aromatic rings. The number of sulfonamides is 1. The fourth-order valence-electron chi connectivity index (χ4n) is 4.30. The van der Waals surface area contributed by atoms with Crippen molar-refractivity contribution in [2.24, 2.45) is 0 Å². The second-order valence-corrected chi connectivity index (χ2v) is 10.8. The van der Waals surface area contributed by atoms with E-state index in [4.69, 9.17) is 0 Å². The maximum atomic E-state index is 14.9. The van der Waals surface area contributed by atoms with Gasteiger partial charge in [0.2, 0.25) is 0 Å². The Morgan fingerprint density at radius 3 is 2.53 bits per heavy atom. The van der Waals surface area contributed by atoms with Gasteiger partial charge in [0.25, 0.3) is 10.0 Å². The van der Waals surface area contributed by atoms with Gasteiger partial charge >= 0.3 is 0 Å². The van der Waals surface area contributed by atoms with Crippen LogP contribution in [-0.4, -0.2) is 38.1 Å². The molecule has 0 saturated heterocycles. The maximum absolute atomic E-state index is 14.9. The number of hydrogen-bond donors (Lipinski definition) is 2. The Morgan fingerprint density at radius 1 is 1.08 bits per heavy atom. The predicted molar refractivity (Wildman–Crippen MR) is 137 cm³/mol.